The summed E-state index contributed by atoms with van der Waals surface area (Å²) in [5.74, 6) is -4.55. The molecule has 1 aliphatic rings. The molecule has 7 heteroatoms. The number of rotatable bonds is 9. The number of benzene rings is 3. The number of hydrogen-bond donors (Lipinski definition) is 0. The summed E-state index contributed by atoms with van der Waals surface area (Å²) in [7, 11) is 0. The Morgan fingerprint density at radius 3 is 2.00 bits per heavy atom. The molecule has 37 heavy (non-hydrogen) atoms. The standard InChI is InChI=1S/C30H30F4O3/c1-3-5-6-7-26-36-17-21(18-37-26)24-13-12-22(27(31)28(24)32)19-8-10-20(11-9-19)23-14-15-25(35-16-4-2)30(34)29(23)33/h3,5,8-15,21,26H,4,6-7,16-18H2,1-2H3. The highest BCUT2D eigenvalue weighted by Gasteiger charge is 2.27. The predicted octanol–water partition coefficient (Wildman–Crippen LogP) is 8.18. The molecule has 0 spiro atoms. The highest BCUT2D eigenvalue weighted by Crippen LogP contribution is 2.34. The molecule has 0 atom stereocenters. The van der Waals surface area contributed by atoms with Gasteiger partial charge in [-0.3, -0.25) is 0 Å². The van der Waals surface area contributed by atoms with Crippen molar-refractivity contribution < 1.29 is 31.8 Å². The molecule has 196 valence electrons. The van der Waals surface area contributed by atoms with Gasteiger partial charge >= 0.3 is 0 Å². The van der Waals surface area contributed by atoms with E-state index in [1.165, 1.54) is 18.2 Å². The van der Waals surface area contributed by atoms with Crippen molar-refractivity contribution in [3.63, 3.8) is 0 Å². The van der Waals surface area contributed by atoms with Gasteiger partial charge in [0.2, 0.25) is 5.82 Å². The second-order valence-corrected chi connectivity index (χ2v) is 8.93. The largest absolute Gasteiger partial charge is 0.490 e. The maximum Gasteiger partial charge on any atom is 0.201 e. The van der Waals surface area contributed by atoms with Crippen molar-refractivity contribution in [3.8, 4) is 28.0 Å². The molecule has 0 amide bonds. The molecule has 3 aromatic carbocycles. The van der Waals surface area contributed by atoms with Crippen molar-refractivity contribution >= 4 is 0 Å². The van der Waals surface area contributed by atoms with Gasteiger partial charge in [0.1, 0.15) is 0 Å². The summed E-state index contributed by atoms with van der Waals surface area (Å²) >= 11 is 0. The van der Waals surface area contributed by atoms with Crippen LogP contribution in [0, 0.1) is 23.3 Å². The average Bonchev–Trinajstić information content (AvgIpc) is 2.92. The zero-order valence-electron chi connectivity index (χ0n) is 20.9. The predicted molar refractivity (Wildman–Crippen MR) is 135 cm³/mol. The second kappa shape index (κ2) is 12.4. The quantitative estimate of drug-likeness (QED) is 0.213. The van der Waals surface area contributed by atoms with E-state index in [0.717, 1.165) is 6.42 Å². The zero-order valence-corrected chi connectivity index (χ0v) is 20.9. The van der Waals surface area contributed by atoms with E-state index >= 15 is 8.78 Å². The lowest BCUT2D eigenvalue weighted by atomic mass is 9.94. The summed E-state index contributed by atoms with van der Waals surface area (Å²) in [6.45, 7) is 4.58. The second-order valence-electron chi connectivity index (χ2n) is 8.93. The molecule has 1 aliphatic heterocycles. The average molecular weight is 515 g/mol. The maximum atomic E-state index is 15.1. The van der Waals surface area contributed by atoms with Crippen LogP contribution in [0.25, 0.3) is 22.3 Å². The van der Waals surface area contributed by atoms with E-state index in [1.54, 1.807) is 30.3 Å². The molecule has 4 rings (SSSR count). The first-order valence-electron chi connectivity index (χ1n) is 12.5. The number of halogens is 4. The third kappa shape index (κ3) is 6.05. The molecule has 0 saturated carbocycles. The molecule has 0 N–H and O–H groups in total. The van der Waals surface area contributed by atoms with Gasteiger partial charge in [-0.15, -0.1) is 0 Å². The fourth-order valence-corrected chi connectivity index (χ4v) is 4.30. The Kier molecular flexibility index (Phi) is 9.00. The molecule has 0 unspecified atom stereocenters. The minimum atomic E-state index is -1.06. The summed E-state index contributed by atoms with van der Waals surface area (Å²) in [5, 5.41) is 0. The number of hydrogen-bond acceptors (Lipinski definition) is 3. The van der Waals surface area contributed by atoms with Gasteiger partial charge in [0.25, 0.3) is 0 Å². The van der Waals surface area contributed by atoms with E-state index in [0.29, 0.717) is 24.0 Å². The lowest BCUT2D eigenvalue weighted by molar-refractivity contribution is -0.189. The SMILES string of the molecule is CC=CCCC1OCC(c2ccc(-c3ccc(-c4ccc(OCCC)c(F)c4F)cc3)c(F)c2F)CO1. The minimum Gasteiger partial charge on any atom is -0.490 e. The molecule has 0 bridgehead atoms. The van der Waals surface area contributed by atoms with Crippen molar-refractivity contribution in [2.24, 2.45) is 0 Å². The van der Waals surface area contributed by atoms with Crippen LogP contribution in [0.15, 0.2) is 60.7 Å². The highest BCUT2D eigenvalue weighted by atomic mass is 19.2. The number of ether oxygens (including phenoxy) is 3. The van der Waals surface area contributed by atoms with E-state index in [2.05, 4.69) is 0 Å². The summed E-state index contributed by atoms with van der Waals surface area (Å²) in [4.78, 5) is 0. The molecule has 3 aromatic rings. The molecular weight excluding hydrogens is 484 g/mol. The van der Waals surface area contributed by atoms with Gasteiger partial charge in [0, 0.05) is 23.5 Å². The Labute approximate surface area is 214 Å². The van der Waals surface area contributed by atoms with Crippen LogP contribution in [-0.2, 0) is 9.47 Å². The van der Waals surface area contributed by atoms with Crippen molar-refractivity contribution in [1.29, 1.82) is 0 Å². The molecular formula is C30H30F4O3. The van der Waals surface area contributed by atoms with E-state index in [1.807, 2.05) is 26.0 Å². The summed E-state index contributed by atoms with van der Waals surface area (Å²) < 4.78 is 75.8. The fourth-order valence-electron chi connectivity index (χ4n) is 4.30. The lowest BCUT2D eigenvalue weighted by Gasteiger charge is -2.30. The van der Waals surface area contributed by atoms with Crippen LogP contribution >= 0.6 is 0 Å². The molecule has 3 nitrogen and oxygen atoms in total. The smallest absolute Gasteiger partial charge is 0.201 e. The third-order valence-corrected chi connectivity index (χ3v) is 6.34. The van der Waals surface area contributed by atoms with E-state index in [-0.39, 0.29) is 48.6 Å². The van der Waals surface area contributed by atoms with Crippen LogP contribution in [0.1, 0.15) is 44.6 Å². The molecule has 0 aliphatic carbocycles. The highest BCUT2D eigenvalue weighted by molar-refractivity contribution is 5.72. The van der Waals surface area contributed by atoms with Gasteiger partial charge < -0.3 is 14.2 Å². The Balaban J connectivity index is 1.49. The molecule has 1 fully saturated rings. The van der Waals surface area contributed by atoms with Crippen molar-refractivity contribution in [3.05, 3.63) is 89.5 Å². The van der Waals surface area contributed by atoms with Gasteiger partial charge in [-0.25, -0.2) is 13.2 Å². The third-order valence-electron chi connectivity index (χ3n) is 6.34. The van der Waals surface area contributed by atoms with E-state index in [4.69, 9.17) is 14.2 Å². The first-order valence-corrected chi connectivity index (χ1v) is 12.5. The van der Waals surface area contributed by atoms with Gasteiger partial charge in [-0.1, -0.05) is 55.5 Å². The summed E-state index contributed by atoms with van der Waals surface area (Å²) in [6, 6.07) is 12.1. The van der Waals surface area contributed by atoms with Crippen LogP contribution < -0.4 is 4.74 Å². The topological polar surface area (TPSA) is 27.7 Å². The van der Waals surface area contributed by atoms with Crippen LogP contribution in [-0.4, -0.2) is 26.1 Å². The Morgan fingerprint density at radius 2 is 1.41 bits per heavy atom. The van der Waals surface area contributed by atoms with Crippen LogP contribution in [0.5, 0.6) is 5.75 Å². The van der Waals surface area contributed by atoms with Gasteiger partial charge in [0.15, 0.2) is 29.5 Å². The van der Waals surface area contributed by atoms with Crippen LogP contribution in [0.3, 0.4) is 0 Å². The van der Waals surface area contributed by atoms with Crippen molar-refractivity contribution in [2.75, 3.05) is 19.8 Å². The molecule has 0 aromatic heterocycles. The fraction of sp³-hybridized carbons (Fsp3) is 0.333. The number of allylic oxidation sites excluding steroid dienone is 2. The zero-order chi connectivity index (χ0) is 26.4. The Bertz CT molecular complexity index is 1230. The minimum absolute atomic E-state index is 0.0521. The van der Waals surface area contributed by atoms with Crippen molar-refractivity contribution in [1.82, 2.24) is 0 Å². The first-order chi connectivity index (χ1) is 17.9. The maximum absolute atomic E-state index is 15.1. The Morgan fingerprint density at radius 1 is 0.811 bits per heavy atom. The van der Waals surface area contributed by atoms with Gasteiger partial charge in [0.05, 0.1) is 19.8 Å². The van der Waals surface area contributed by atoms with Crippen molar-refractivity contribution in [2.45, 2.75) is 45.3 Å². The monoisotopic (exact) mass is 514 g/mol. The summed E-state index contributed by atoms with van der Waals surface area (Å²) in [5.41, 5.74) is 1.14. The van der Waals surface area contributed by atoms with E-state index in [9.17, 15) is 8.78 Å². The first kappa shape index (κ1) is 26.9. The van der Waals surface area contributed by atoms with E-state index < -0.39 is 29.2 Å². The van der Waals surface area contributed by atoms with Gasteiger partial charge in [-0.2, -0.15) is 4.39 Å². The molecule has 0 radical (unpaired) electrons. The summed E-state index contributed by atoms with van der Waals surface area (Å²) in [6.07, 6.45) is 5.82. The lowest BCUT2D eigenvalue weighted by Crippen LogP contribution is -2.31. The normalized spacial score (nSPS) is 17.9. The molecule has 1 saturated heterocycles. The molecule has 1 heterocycles. The van der Waals surface area contributed by atoms with Gasteiger partial charge in [-0.05, 0) is 48.6 Å². The Hall–Kier alpha value is -3.16. The van der Waals surface area contributed by atoms with Crippen LogP contribution in [0.2, 0.25) is 0 Å². The van der Waals surface area contributed by atoms with Crippen LogP contribution in [0.4, 0.5) is 17.6 Å².